The average Bonchev–Trinajstić information content (AvgIpc) is 2.44. The number of hydrogen-bond acceptors (Lipinski definition) is 4. The summed E-state index contributed by atoms with van der Waals surface area (Å²) in [5.74, 6) is -2.27. The van der Waals surface area contributed by atoms with Crippen molar-refractivity contribution in [2.45, 2.75) is 25.3 Å². The third-order valence-electron chi connectivity index (χ3n) is 2.63. The number of carboxylic acids is 2. The van der Waals surface area contributed by atoms with Crippen molar-refractivity contribution in [1.29, 1.82) is 0 Å². The van der Waals surface area contributed by atoms with E-state index in [0.717, 1.165) is 0 Å². The number of benzene rings is 1. The fourth-order valence-electron chi connectivity index (χ4n) is 1.62. The first kappa shape index (κ1) is 16.5. The van der Waals surface area contributed by atoms with Gasteiger partial charge in [0.15, 0.2) is 6.61 Å². The molecule has 1 atom stereocenters. The number of carbonyl (C=O) groups excluding carboxylic acids is 1. The van der Waals surface area contributed by atoms with E-state index < -0.39 is 23.9 Å². The van der Waals surface area contributed by atoms with E-state index in [4.69, 9.17) is 14.9 Å². The van der Waals surface area contributed by atoms with E-state index in [0.29, 0.717) is 5.75 Å². The molecule has 7 heteroatoms. The van der Waals surface area contributed by atoms with Crippen LogP contribution in [0.5, 0.6) is 5.75 Å². The Morgan fingerprint density at radius 2 is 1.81 bits per heavy atom. The van der Waals surface area contributed by atoms with Gasteiger partial charge < -0.3 is 20.3 Å². The lowest BCUT2D eigenvalue weighted by atomic mass is 10.1. The number of hydrogen-bond donors (Lipinski definition) is 3. The zero-order valence-electron chi connectivity index (χ0n) is 11.3. The number of rotatable bonds is 9. The van der Waals surface area contributed by atoms with Crippen LogP contribution in [0.25, 0.3) is 0 Å². The molecule has 0 aliphatic carbocycles. The minimum Gasteiger partial charge on any atom is -0.484 e. The van der Waals surface area contributed by atoms with Crippen molar-refractivity contribution in [3.05, 3.63) is 30.3 Å². The number of aliphatic carboxylic acids is 2. The minimum atomic E-state index is -1.20. The maximum Gasteiger partial charge on any atom is 0.326 e. The minimum absolute atomic E-state index is 0.0543. The van der Waals surface area contributed by atoms with Gasteiger partial charge in [-0.15, -0.1) is 0 Å². The van der Waals surface area contributed by atoms with Crippen molar-refractivity contribution in [3.8, 4) is 5.75 Å². The summed E-state index contributed by atoms with van der Waals surface area (Å²) >= 11 is 0. The highest BCUT2D eigenvalue weighted by molar-refractivity contribution is 5.84. The molecule has 7 nitrogen and oxygen atoms in total. The van der Waals surface area contributed by atoms with Crippen LogP contribution in [0.3, 0.4) is 0 Å². The van der Waals surface area contributed by atoms with Crippen LogP contribution in [-0.4, -0.2) is 40.7 Å². The second kappa shape index (κ2) is 8.57. The maximum absolute atomic E-state index is 11.6. The lowest BCUT2D eigenvalue weighted by Crippen LogP contribution is -2.43. The van der Waals surface area contributed by atoms with Crippen LogP contribution < -0.4 is 10.1 Å². The average molecular weight is 295 g/mol. The molecule has 0 spiro atoms. The second-order valence-corrected chi connectivity index (χ2v) is 4.35. The molecule has 0 radical (unpaired) electrons. The van der Waals surface area contributed by atoms with Crippen LogP contribution in [-0.2, 0) is 14.4 Å². The Bertz CT molecular complexity index is 487. The van der Waals surface area contributed by atoms with E-state index in [1.165, 1.54) is 0 Å². The van der Waals surface area contributed by atoms with E-state index in [9.17, 15) is 14.4 Å². The fraction of sp³-hybridized carbons (Fsp3) is 0.357. The largest absolute Gasteiger partial charge is 0.484 e. The first-order valence-corrected chi connectivity index (χ1v) is 6.41. The van der Waals surface area contributed by atoms with Crippen LogP contribution in [0.1, 0.15) is 19.3 Å². The topological polar surface area (TPSA) is 113 Å². The van der Waals surface area contributed by atoms with E-state index in [1.54, 1.807) is 30.3 Å². The third-order valence-corrected chi connectivity index (χ3v) is 2.63. The van der Waals surface area contributed by atoms with Crippen molar-refractivity contribution in [3.63, 3.8) is 0 Å². The van der Waals surface area contributed by atoms with Crippen molar-refractivity contribution < 1.29 is 29.3 Å². The van der Waals surface area contributed by atoms with E-state index in [1.807, 2.05) is 0 Å². The van der Waals surface area contributed by atoms with Gasteiger partial charge in [0.2, 0.25) is 0 Å². The van der Waals surface area contributed by atoms with Gasteiger partial charge in [-0.25, -0.2) is 4.79 Å². The van der Waals surface area contributed by atoms with Gasteiger partial charge in [0, 0.05) is 6.42 Å². The first-order chi connectivity index (χ1) is 9.99. The molecule has 0 aromatic heterocycles. The Morgan fingerprint density at radius 1 is 1.14 bits per heavy atom. The lowest BCUT2D eigenvalue weighted by molar-refractivity contribution is -0.143. The summed E-state index contributed by atoms with van der Waals surface area (Å²) in [6.45, 7) is -0.299. The van der Waals surface area contributed by atoms with Gasteiger partial charge in [0.05, 0.1) is 0 Å². The number of carbonyl (C=O) groups is 3. The molecule has 0 aliphatic rings. The van der Waals surface area contributed by atoms with Gasteiger partial charge in [-0.1, -0.05) is 18.2 Å². The predicted molar refractivity (Wildman–Crippen MR) is 73.0 cm³/mol. The molecule has 0 fully saturated rings. The Hall–Kier alpha value is -2.57. The standard InChI is InChI=1S/C14H17NO6/c16-12(9-21-10-5-2-1-3-6-10)15-11(14(19)20)7-4-8-13(17)18/h1-3,5-6,11H,4,7-9H2,(H,15,16)(H,17,18)(H,19,20)/t11-/m1/s1. The van der Waals surface area contributed by atoms with Crippen LogP contribution >= 0.6 is 0 Å². The highest BCUT2D eigenvalue weighted by Crippen LogP contribution is 2.08. The Morgan fingerprint density at radius 3 is 2.38 bits per heavy atom. The van der Waals surface area contributed by atoms with Crippen molar-refractivity contribution in [1.82, 2.24) is 5.32 Å². The summed E-state index contributed by atoms with van der Waals surface area (Å²) in [6, 6.07) is 7.54. The van der Waals surface area contributed by atoms with Crippen LogP contribution in [0.15, 0.2) is 30.3 Å². The van der Waals surface area contributed by atoms with E-state index >= 15 is 0 Å². The normalized spacial score (nSPS) is 11.4. The lowest BCUT2D eigenvalue weighted by Gasteiger charge is -2.14. The summed E-state index contributed by atoms with van der Waals surface area (Å²) < 4.78 is 5.19. The molecule has 0 bridgehead atoms. The molecule has 114 valence electrons. The molecule has 1 amide bonds. The number of nitrogens with one attached hydrogen (secondary N) is 1. The summed E-state index contributed by atoms with van der Waals surface area (Å²) in [4.78, 5) is 33.0. The first-order valence-electron chi connectivity index (χ1n) is 6.41. The molecular formula is C14H17NO6. The predicted octanol–water partition coefficient (Wildman–Crippen LogP) is 0.890. The molecule has 0 saturated heterocycles. The van der Waals surface area contributed by atoms with Crippen molar-refractivity contribution >= 4 is 17.8 Å². The molecule has 0 heterocycles. The molecule has 21 heavy (non-hydrogen) atoms. The highest BCUT2D eigenvalue weighted by Gasteiger charge is 2.20. The maximum atomic E-state index is 11.6. The zero-order valence-corrected chi connectivity index (χ0v) is 11.3. The van der Waals surface area contributed by atoms with E-state index in [-0.39, 0.29) is 25.9 Å². The SMILES string of the molecule is O=C(O)CCC[C@@H](NC(=O)COc1ccccc1)C(=O)O. The smallest absolute Gasteiger partial charge is 0.326 e. The molecule has 0 aliphatic heterocycles. The quantitative estimate of drug-likeness (QED) is 0.623. The zero-order chi connectivity index (χ0) is 15.7. The van der Waals surface area contributed by atoms with E-state index in [2.05, 4.69) is 5.32 Å². The van der Waals surface area contributed by atoms with Gasteiger partial charge >= 0.3 is 11.9 Å². The van der Waals surface area contributed by atoms with Crippen molar-refractivity contribution in [2.24, 2.45) is 0 Å². The van der Waals surface area contributed by atoms with Crippen LogP contribution in [0.4, 0.5) is 0 Å². The Kier molecular flexibility index (Phi) is 6.73. The molecule has 1 aromatic rings. The van der Waals surface area contributed by atoms with Gasteiger partial charge in [0.1, 0.15) is 11.8 Å². The Balaban J connectivity index is 2.38. The Labute approximate surface area is 121 Å². The monoisotopic (exact) mass is 295 g/mol. The van der Waals surface area contributed by atoms with Crippen molar-refractivity contribution in [2.75, 3.05) is 6.61 Å². The molecule has 0 unspecified atom stereocenters. The second-order valence-electron chi connectivity index (χ2n) is 4.35. The van der Waals surface area contributed by atoms with Crippen LogP contribution in [0.2, 0.25) is 0 Å². The van der Waals surface area contributed by atoms with Gasteiger partial charge in [-0.2, -0.15) is 0 Å². The fourth-order valence-corrected chi connectivity index (χ4v) is 1.62. The van der Waals surface area contributed by atoms with Crippen LogP contribution in [0, 0.1) is 0 Å². The molecule has 3 N–H and O–H groups in total. The number of carboxylic acid groups (broad SMARTS) is 2. The number of ether oxygens (including phenoxy) is 1. The molecule has 1 aromatic carbocycles. The molecular weight excluding hydrogens is 278 g/mol. The summed E-state index contributed by atoms with van der Waals surface area (Å²) in [5.41, 5.74) is 0. The number of amides is 1. The van der Waals surface area contributed by atoms with Gasteiger partial charge in [0.25, 0.3) is 5.91 Å². The summed E-state index contributed by atoms with van der Waals surface area (Å²) in [7, 11) is 0. The summed E-state index contributed by atoms with van der Waals surface area (Å²) in [5, 5.41) is 19.8. The highest BCUT2D eigenvalue weighted by atomic mass is 16.5. The van der Waals surface area contributed by atoms with Gasteiger partial charge in [-0.3, -0.25) is 9.59 Å². The molecule has 1 rings (SSSR count). The number of para-hydroxylation sites is 1. The summed E-state index contributed by atoms with van der Waals surface area (Å²) in [6.07, 6.45) is 0.0883. The van der Waals surface area contributed by atoms with Gasteiger partial charge in [-0.05, 0) is 25.0 Å². The molecule has 0 saturated carbocycles. The third kappa shape index (κ3) is 6.95.